The molecule has 0 aromatic rings. The van der Waals surface area contributed by atoms with E-state index in [0.717, 1.165) is 24.8 Å². The highest BCUT2D eigenvalue weighted by Gasteiger charge is 2.23. The molecule has 1 saturated carbocycles. The van der Waals surface area contributed by atoms with Crippen molar-refractivity contribution in [1.82, 2.24) is 5.32 Å². The van der Waals surface area contributed by atoms with Crippen molar-refractivity contribution in [2.45, 2.75) is 52.0 Å². The van der Waals surface area contributed by atoms with Crippen LogP contribution < -0.4 is 5.32 Å². The normalized spacial score (nSPS) is 27.4. The summed E-state index contributed by atoms with van der Waals surface area (Å²) in [6.45, 7) is 5.29. The molecule has 3 heteroatoms. The molecule has 1 N–H and O–H groups in total. The van der Waals surface area contributed by atoms with Gasteiger partial charge in [-0.05, 0) is 31.2 Å². The lowest BCUT2D eigenvalue weighted by Gasteiger charge is -2.30. The van der Waals surface area contributed by atoms with E-state index in [0.29, 0.717) is 0 Å². The van der Waals surface area contributed by atoms with Crippen LogP contribution in [0.1, 0.15) is 46.0 Å². The highest BCUT2D eigenvalue weighted by molar-refractivity contribution is 5.75. The summed E-state index contributed by atoms with van der Waals surface area (Å²) in [5.41, 5.74) is 0. The van der Waals surface area contributed by atoms with Crippen molar-refractivity contribution in [2.75, 3.05) is 13.7 Å². The summed E-state index contributed by atoms with van der Waals surface area (Å²) < 4.78 is 4.77. The Morgan fingerprint density at radius 2 is 2.12 bits per heavy atom. The average Bonchev–Trinajstić information content (AvgIpc) is 2.31. The van der Waals surface area contributed by atoms with Crippen molar-refractivity contribution in [1.29, 1.82) is 0 Å². The maximum atomic E-state index is 11.4. The standard InChI is InChI=1S/C13H25NO2/c1-4-12(13(15)16-3)14-9-11-8-6-5-7-10(11)2/h10-12,14H,4-9H2,1-3H3. The molecule has 0 aromatic carbocycles. The van der Waals surface area contributed by atoms with Crippen molar-refractivity contribution in [3.05, 3.63) is 0 Å². The first-order valence-corrected chi connectivity index (χ1v) is 6.50. The molecule has 94 valence electrons. The highest BCUT2D eigenvalue weighted by atomic mass is 16.5. The third-order valence-electron chi connectivity index (χ3n) is 3.81. The van der Waals surface area contributed by atoms with Crippen LogP contribution in [0.15, 0.2) is 0 Å². The topological polar surface area (TPSA) is 38.3 Å². The van der Waals surface area contributed by atoms with Gasteiger partial charge in [0.25, 0.3) is 0 Å². The quantitative estimate of drug-likeness (QED) is 0.733. The zero-order valence-corrected chi connectivity index (χ0v) is 10.8. The first kappa shape index (κ1) is 13.5. The van der Waals surface area contributed by atoms with E-state index in [2.05, 4.69) is 12.2 Å². The molecule has 0 aliphatic heterocycles. The molecule has 0 saturated heterocycles. The number of methoxy groups -OCH3 is 1. The van der Waals surface area contributed by atoms with Crippen molar-refractivity contribution < 1.29 is 9.53 Å². The second kappa shape index (κ2) is 6.89. The fourth-order valence-electron chi connectivity index (χ4n) is 2.53. The van der Waals surface area contributed by atoms with E-state index in [-0.39, 0.29) is 12.0 Å². The SMILES string of the molecule is CCC(NCC1CCCCC1C)C(=O)OC. The predicted octanol–water partition coefficient (Wildman–Crippen LogP) is 2.35. The highest BCUT2D eigenvalue weighted by Crippen LogP contribution is 2.28. The maximum absolute atomic E-state index is 11.4. The molecule has 16 heavy (non-hydrogen) atoms. The molecule has 0 heterocycles. The van der Waals surface area contributed by atoms with Gasteiger partial charge >= 0.3 is 5.97 Å². The van der Waals surface area contributed by atoms with E-state index in [1.54, 1.807) is 0 Å². The van der Waals surface area contributed by atoms with Crippen LogP contribution in [0, 0.1) is 11.8 Å². The molecule has 1 aliphatic carbocycles. The summed E-state index contributed by atoms with van der Waals surface area (Å²) in [6, 6.07) is -0.126. The summed E-state index contributed by atoms with van der Waals surface area (Å²) in [6.07, 6.45) is 6.14. The minimum Gasteiger partial charge on any atom is -0.468 e. The van der Waals surface area contributed by atoms with Gasteiger partial charge in [-0.2, -0.15) is 0 Å². The molecule has 1 fully saturated rings. The monoisotopic (exact) mass is 227 g/mol. The van der Waals surface area contributed by atoms with E-state index < -0.39 is 0 Å². The van der Waals surface area contributed by atoms with E-state index in [4.69, 9.17) is 4.74 Å². The van der Waals surface area contributed by atoms with Gasteiger partial charge in [-0.3, -0.25) is 4.79 Å². The second-order valence-corrected chi connectivity index (χ2v) is 4.91. The molecule has 0 radical (unpaired) electrons. The van der Waals surface area contributed by atoms with Gasteiger partial charge in [0.2, 0.25) is 0 Å². The van der Waals surface area contributed by atoms with Crippen LogP contribution in [0.2, 0.25) is 0 Å². The molecule has 1 aliphatic rings. The molecule has 0 spiro atoms. The van der Waals surface area contributed by atoms with Gasteiger partial charge in [-0.25, -0.2) is 0 Å². The lowest BCUT2D eigenvalue weighted by molar-refractivity contribution is -0.143. The second-order valence-electron chi connectivity index (χ2n) is 4.91. The number of hydrogen-bond acceptors (Lipinski definition) is 3. The van der Waals surface area contributed by atoms with Crippen LogP contribution in [0.3, 0.4) is 0 Å². The molecule has 3 unspecified atom stereocenters. The number of ether oxygens (including phenoxy) is 1. The molecular weight excluding hydrogens is 202 g/mol. The van der Waals surface area contributed by atoms with Crippen LogP contribution in [0.5, 0.6) is 0 Å². The van der Waals surface area contributed by atoms with Gasteiger partial charge in [0, 0.05) is 0 Å². The molecule has 1 rings (SSSR count). The minimum atomic E-state index is -0.133. The summed E-state index contributed by atoms with van der Waals surface area (Å²) in [5, 5.41) is 3.35. The zero-order valence-electron chi connectivity index (χ0n) is 10.8. The van der Waals surface area contributed by atoms with Gasteiger partial charge in [0.1, 0.15) is 6.04 Å². The van der Waals surface area contributed by atoms with E-state index in [1.165, 1.54) is 32.8 Å². The number of rotatable bonds is 5. The number of nitrogens with one attached hydrogen (secondary N) is 1. The molecule has 0 amide bonds. The van der Waals surface area contributed by atoms with Gasteiger partial charge in [0.05, 0.1) is 7.11 Å². The van der Waals surface area contributed by atoms with Crippen LogP contribution in [-0.4, -0.2) is 25.7 Å². The smallest absolute Gasteiger partial charge is 0.322 e. The predicted molar refractivity (Wildman–Crippen MR) is 65.2 cm³/mol. The van der Waals surface area contributed by atoms with Crippen LogP contribution in [-0.2, 0) is 9.53 Å². The average molecular weight is 227 g/mol. The van der Waals surface area contributed by atoms with Crippen LogP contribution in [0.4, 0.5) is 0 Å². The summed E-state index contributed by atoms with van der Waals surface area (Å²) in [4.78, 5) is 11.4. The fraction of sp³-hybridized carbons (Fsp3) is 0.923. The lowest BCUT2D eigenvalue weighted by Crippen LogP contribution is -2.41. The Kier molecular flexibility index (Phi) is 5.81. The van der Waals surface area contributed by atoms with Gasteiger partial charge in [-0.15, -0.1) is 0 Å². The van der Waals surface area contributed by atoms with Crippen molar-refractivity contribution in [2.24, 2.45) is 11.8 Å². The summed E-state index contributed by atoms with van der Waals surface area (Å²) in [5.74, 6) is 1.38. The fourth-order valence-corrected chi connectivity index (χ4v) is 2.53. The third-order valence-corrected chi connectivity index (χ3v) is 3.81. The zero-order chi connectivity index (χ0) is 12.0. The van der Waals surface area contributed by atoms with Crippen molar-refractivity contribution >= 4 is 5.97 Å². The van der Waals surface area contributed by atoms with Crippen LogP contribution >= 0.6 is 0 Å². The minimum absolute atomic E-state index is 0.126. The lowest BCUT2D eigenvalue weighted by atomic mass is 9.80. The van der Waals surface area contributed by atoms with Gasteiger partial charge < -0.3 is 10.1 Å². The van der Waals surface area contributed by atoms with Crippen LogP contribution in [0.25, 0.3) is 0 Å². The number of carbonyl (C=O) groups is 1. The Morgan fingerprint density at radius 1 is 1.44 bits per heavy atom. The maximum Gasteiger partial charge on any atom is 0.322 e. The van der Waals surface area contributed by atoms with E-state index >= 15 is 0 Å². The Hall–Kier alpha value is -0.570. The summed E-state index contributed by atoms with van der Waals surface area (Å²) >= 11 is 0. The largest absolute Gasteiger partial charge is 0.468 e. The number of carbonyl (C=O) groups excluding carboxylic acids is 1. The summed E-state index contributed by atoms with van der Waals surface area (Å²) in [7, 11) is 1.45. The van der Waals surface area contributed by atoms with E-state index in [1.807, 2.05) is 6.92 Å². The number of hydrogen-bond donors (Lipinski definition) is 1. The molecule has 0 bridgehead atoms. The molecule has 3 nitrogen and oxygen atoms in total. The Morgan fingerprint density at radius 3 is 2.69 bits per heavy atom. The first-order valence-electron chi connectivity index (χ1n) is 6.50. The molecule has 0 aromatic heterocycles. The Labute approximate surface area is 98.9 Å². The van der Waals surface area contributed by atoms with Crippen molar-refractivity contribution in [3.63, 3.8) is 0 Å². The Balaban J connectivity index is 2.33. The molecule has 3 atom stereocenters. The third kappa shape index (κ3) is 3.78. The van der Waals surface area contributed by atoms with Gasteiger partial charge in [-0.1, -0.05) is 33.1 Å². The van der Waals surface area contributed by atoms with Crippen molar-refractivity contribution in [3.8, 4) is 0 Å². The molecular formula is C13H25NO2. The Bertz CT molecular complexity index is 218. The first-order chi connectivity index (χ1) is 7.69. The van der Waals surface area contributed by atoms with Gasteiger partial charge in [0.15, 0.2) is 0 Å². The number of esters is 1. The van der Waals surface area contributed by atoms with E-state index in [9.17, 15) is 4.79 Å².